The smallest absolute Gasteiger partial charge is 0.306 e. The third kappa shape index (κ3) is 5.46. The summed E-state index contributed by atoms with van der Waals surface area (Å²) in [6, 6.07) is 9.93. The van der Waals surface area contributed by atoms with E-state index in [9.17, 15) is 9.59 Å². The predicted molar refractivity (Wildman–Crippen MR) is 79.5 cm³/mol. The van der Waals surface area contributed by atoms with E-state index in [1.165, 1.54) is 5.56 Å². The third-order valence-electron chi connectivity index (χ3n) is 3.50. The maximum atomic E-state index is 12.0. The van der Waals surface area contributed by atoms with Gasteiger partial charge >= 0.3 is 5.97 Å². The molecule has 1 aromatic rings. The molecule has 0 aromatic heterocycles. The summed E-state index contributed by atoms with van der Waals surface area (Å²) in [7, 11) is 0. The average Bonchev–Trinajstić information content (AvgIpc) is 2.52. The summed E-state index contributed by atoms with van der Waals surface area (Å²) >= 11 is 0. The number of morpholine rings is 1. The molecular formula is C16H21NO5. The van der Waals surface area contributed by atoms with E-state index < -0.39 is 12.1 Å². The first kappa shape index (κ1) is 16.5. The number of aliphatic carboxylic acids is 1. The lowest BCUT2D eigenvalue weighted by atomic mass is 10.2. The summed E-state index contributed by atoms with van der Waals surface area (Å²) in [5, 5.41) is 8.76. The first-order valence-electron chi connectivity index (χ1n) is 7.38. The molecule has 1 aromatic carbocycles. The summed E-state index contributed by atoms with van der Waals surface area (Å²) in [6.45, 7) is 1.67. The summed E-state index contributed by atoms with van der Waals surface area (Å²) in [5.41, 5.74) is 1.17. The van der Waals surface area contributed by atoms with Gasteiger partial charge in [-0.1, -0.05) is 30.3 Å². The Kier molecular flexibility index (Phi) is 6.36. The van der Waals surface area contributed by atoms with E-state index in [2.05, 4.69) is 0 Å². The molecule has 1 heterocycles. The van der Waals surface area contributed by atoms with Gasteiger partial charge < -0.3 is 19.5 Å². The summed E-state index contributed by atoms with van der Waals surface area (Å²) < 4.78 is 10.8. The van der Waals surface area contributed by atoms with Crippen molar-refractivity contribution in [2.24, 2.45) is 0 Å². The van der Waals surface area contributed by atoms with Gasteiger partial charge in [0.15, 0.2) is 0 Å². The molecule has 0 radical (unpaired) electrons. The Hall–Kier alpha value is -1.92. The van der Waals surface area contributed by atoms with Crippen molar-refractivity contribution in [1.82, 2.24) is 4.90 Å². The van der Waals surface area contributed by atoms with Crippen molar-refractivity contribution >= 4 is 11.9 Å². The van der Waals surface area contributed by atoms with Crippen LogP contribution in [0.2, 0.25) is 0 Å². The molecule has 2 rings (SSSR count). The van der Waals surface area contributed by atoms with Crippen LogP contribution in [0.3, 0.4) is 0 Å². The maximum Gasteiger partial charge on any atom is 0.306 e. The van der Waals surface area contributed by atoms with Crippen LogP contribution in [0.25, 0.3) is 0 Å². The summed E-state index contributed by atoms with van der Waals surface area (Å²) in [5.74, 6) is -1.04. The molecule has 22 heavy (non-hydrogen) atoms. The zero-order chi connectivity index (χ0) is 15.8. The highest BCUT2D eigenvalue weighted by molar-refractivity contribution is 5.77. The lowest BCUT2D eigenvalue weighted by molar-refractivity contribution is -0.150. The first-order chi connectivity index (χ1) is 10.6. The molecule has 0 saturated carbocycles. The number of rotatable bonds is 7. The molecule has 120 valence electrons. The molecule has 1 fully saturated rings. The first-order valence-corrected chi connectivity index (χ1v) is 7.38. The molecule has 1 atom stereocenters. The molecule has 0 aliphatic carbocycles. The molecule has 6 nitrogen and oxygen atoms in total. The Balaban J connectivity index is 1.67. The maximum absolute atomic E-state index is 12.0. The SMILES string of the molecule is O=C(O)CC1CN(C(=O)COCCc2ccccc2)CCO1. The van der Waals surface area contributed by atoms with Crippen LogP contribution in [0, 0.1) is 0 Å². The Morgan fingerprint density at radius 2 is 2.09 bits per heavy atom. The van der Waals surface area contributed by atoms with Crippen molar-refractivity contribution in [2.45, 2.75) is 18.9 Å². The molecule has 6 heteroatoms. The zero-order valence-electron chi connectivity index (χ0n) is 12.4. The minimum absolute atomic E-state index is 0.0205. The van der Waals surface area contributed by atoms with Gasteiger partial charge in [0.05, 0.1) is 25.7 Å². The number of nitrogens with zero attached hydrogens (tertiary/aromatic N) is 1. The fraction of sp³-hybridized carbons (Fsp3) is 0.500. The molecule has 0 bridgehead atoms. The molecule has 0 spiro atoms. The van der Waals surface area contributed by atoms with Crippen LogP contribution in [0.15, 0.2) is 30.3 Å². The molecular weight excluding hydrogens is 286 g/mol. The number of carbonyl (C=O) groups excluding carboxylic acids is 1. The van der Waals surface area contributed by atoms with Crippen molar-refractivity contribution in [2.75, 3.05) is 32.9 Å². The second-order valence-corrected chi connectivity index (χ2v) is 5.22. The normalized spacial score (nSPS) is 18.2. The molecule has 1 amide bonds. The number of carboxylic acids is 1. The van der Waals surface area contributed by atoms with Crippen LogP contribution in [0.4, 0.5) is 0 Å². The number of hydrogen-bond acceptors (Lipinski definition) is 4. The second-order valence-electron chi connectivity index (χ2n) is 5.22. The van der Waals surface area contributed by atoms with Crippen molar-refractivity contribution < 1.29 is 24.2 Å². The highest BCUT2D eigenvalue weighted by atomic mass is 16.5. The topological polar surface area (TPSA) is 76.1 Å². The molecule has 1 aliphatic rings. The van der Waals surface area contributed by atoms with E-state index in [4.69, 9.17) is 14.6 Å². The Morgan fingerprint density at radius 3 is 2.82 bits per heavy atom. The highest BCUT2D eigenvalue weighted by Crippen LogP contribution is 2.09. The van der Waals surface area contributed by atoms with E-state index in [1.807, 2.05) is 30.3 Å². The van der Waals surface area contributed by atoms with Gasteiger partial charge in [-0.05, 0) is 12.0 Å². The van der Waals surface area contributed by atoms with Crippen molar-refractivity contribution in [3.63, 3.8) is 0 Å². The van der Waals surface area contributed by atoms with E-state index >= 15 is 0 Å². The summed E-state index contributed by atoms with van der Waals surface area (Å²) in [6.07, 6.45) is 0.247. The van der Waals surface area contributed by atoms with Crippen LogP contribution in [-0.2, 0) is 25.5 Å². The minimum Gasteiger partial charge on any atom is -0.481 e. The van der Waals surface area contributed by atoms with Crippen LogP contribution < -0.4 is 0 Å². The monoisotopic (exact) mass is 307 g/mol. The van der Waals surface area contributed by atoms with Gasteiger partial charge in [0.25, 0.3) is 0 Å². The van der Waals surface area contributed by atoms with E-state index in [-0.39, 0.29) is 18.9 Å². The number of amides is 1. The number of benzene rings is 1. The number of ether oxygens (including phenoxy) is 2. The second kappa shape index (κ2) is 8.51. The quantitative estimate of drug-likeness (QED) is 0.759. The van der Waals surface area contributed by atoms with Gasteiger partial charge in [-0.15, -0.1) is 0 Å². The van der Waals surface area contributed by atoms with Crippen LogP contribution in [-0.4, -0.2) is 60.9 Å². The standard InChI is InChI=1S/C16H21NO5/c18-15(12-21-8-6-13-4-2-1-3-5-13)17-7-9-22-14(11-17)10-16(19)20/h1-5,14H,6-12H2,(H,19,20). The predicted octanol–water partition coefficient (Wildman–Crippen LogP) is 0.948. The third-order valence-corrected chi connectivity index (χ3v) is 3.50. The Labute approximate surface area is 129 Å². The average molecular weight is 307 g/mol. The van der Waals surface area contributed by atoms with E-state index in [1.54, 1.807) is 4.90 Å². The van der Waals surface area contributed by atoms with Gasteiger partial charge in [-0.2, -0.15) is 0 Å². The molecule has 1 saturated heterocycles. The largest absolute Gasteiger partial charge is 0.481 e. The van der Waals surface area contributed by atoms with Gasteiger partial charge in [-0.25, -0.2) is 0 Å². The van der Waals surface area contributed by atoms with Gasteiger partial charge in [0.1, 0.15) is 6.61 Å². The highest BCUT2D eigenvalue weighted by Gasteiger charge is 2.25. The fourth-order valence-electron chi connectivity index (χ4n) is 2.35. The number of hydrogen-bond donors (Lipinski definition) is 1. The van der Waals surface area contributed by atoms with Crippen LogP contribution in [0.5, 0.6) is 0 Å². The number of carboxylic acid groups (broad SMARTS) is 1. The van der Waals surface area contributed by atoms with Crippen molar-refractivity contribution in [3.05, 3.63) is 35.9 Å². The van der Waals surface area contributed by atoms with Gasteiger partial charge in [0, 0.05) is 13.1 Å². The molecule has 1 aliphatic heterocycles. The lowest BCUT2D eigenvalue weighted by Crippen LogP contribution is -2.47. The van der Waals surface area contributed by atoms with Crippen LogP contribution in [0.1, 0.15) is 12.0 Å². The van der Waals surface area contributed by atoms with Crippen LogP contribution >= 0.6 is 0 Å². The van der Waals surface area contributed by atoms with Gasteiger partial charge in [0.2, 0.25) is 5.91 Å². The van der Waals surface area contributed by atoms with Crippen molar-refractivity contribution in [1.29, 1.82) is 0 Å². The lowest BCUT2D eigenvalue weighted by Gasteiger charge is -2.32. The van der Waals surface area contributed by atoms with E-state index in [0.717, 1.165) is 6.42 Å². The van der Waals surface area contributed by atoms with Gasteiger partial charge in [-0.3, -0.25) is 9.59 Å². The van der Waals surface area contributed by atoms with Crippen molar-refractivity contribution in [3.8, 4) is 0 Å². The Bertz CT molecular complexity index is 491. The molecule has 1 N–H and O–H groups in total. The van der Waals surface area contributed by atoms with E-state index in [0.29, 0.717) is 26.3 Å². The Morgan fingerprint density at radius 1 is 1.32 bits per heavy atom. The molecule has 1 unspecified atom stereocenters. The minimum atomic E-state index is -0.918. The summed E-state index contributed by atoms with van der Waals surface area (Å²) in [4.78, 5) is 24.3. The number of carbonyl (C=O) groups is 2. The fourth-order valence-corrected chi connectivity index (χ4v) is 2.35. The zero-order valence-corrected chi connectivity index (χ0v) is 12.4.